The van der Waals surface area contributed by atoms with Gasteiger partial charge in [-0.3, -0.25) is 14.6 Å². The van der Waals surface area contributed by atoms with E-state index in [1.54, 1.807) is 43.3 Å². The summed E-state index contributed by atoms with van der Waals surface area (Å²) in [5.74, 6) is -0.114. The van der Waals surface area contributed by atoms with E-state index in [4.69, 9.17) is 4.74 Å². The van der Waals surface area contributed by atoms with E-state index in [1.165, 1.54) is 13.3 Å². The minimum absolute atomic E-state index is 0.0422. The highest BCUT2D eigenvalue weighted by Gasteiger charge is 2.09. The molecule has 0 spiro atoms. The molecule has 0 radical (unpaired) electrons. The number of carbonyl (C=O) groups excluding carboxylic acids is 2. The van der Waals surface area contributed by atoms with E-state index in [0.29, 0.717) is 17.1 Å². The van der Waals surface area contributed by atoms with Gasteiger partial charge in [0.05, 0.1) is 19.2 Å². The van der Waals surface area contributed by atoms with Crippen LogP contribution in [0.5, 0.6) is 5.75 Å². The highest BCUT2D eigenvalue weighted by atomic mass is 16.5. The molecule has 2 N–H and O–H groups in total. The molecule has 0 atom stereocenters. The fourth-order valence-corrected chi connectivity index (χ4v) is 1.91. The van der Waals surface area contributed by atoms with E-state index in [0.717, 1.165) is 0 Å². The summed E-state index contributed by atoms with van der Waals surface area (Å²) in [5, 5.41) is 6.65. The Morgan fingerprint density at radius 2 is 1.92 bits per heavy atom. The van der Waals surface area contributed by atoms with Crippen LogP contribution in [0.4, 0.5) is 5.69 Å². The first-order valence-electron chi connectivity index (χ1n) is 7.27. The number of anilines is 1. The molecule has 2 rings (SSSR count). The largest absolute Gasteiger partial charge is 0.495 e. The predicted octanol–water partition coefficient (Wildman–Crippen LogP) is 2.22. The normalized spacial score (nSPS) is 10.8. The lowest BCUT2D eigenvalue weighted by Crippen LogP contribution is -2.22. The second-order valence-electron chi connectivity index (χ2n) is 4.93. The summed E-state index contributed by atoms with van der Waals surface area (Å²) in [4.78, 5) is 27.8. The molecule has 1 aromatic carbocycles. The van der Waals surface area contributed by atoms with Gasteiger partial charge >= 0.3 is 0 Å². The van der Waals surface area contributed by atoms with Crippen molar-refractivity contribution < 1.29 is 14.3 Å². The van der Waals surface area contributed by atoms with Gasteiger partial charge in [0, 0.05) is 11.9 Å². The van der Waals surface area contributed by atoms with Gasteiger partial charge in [-0.2, -0.15) is 5.10 Å². The average Bonchev–Trinajstić information content (AvgIpc) is 2.60. The number of amides is 2. The van der Waals surface area contributed by atoms with Crippen molar-refractivity contribution in [3.05, 3.63) is 54.4 Å². The van der Waals surface area contributed by atoms with Crippen LogP contribution in [0.3, 0.4) is 0 Å². The van der Waals surface area contributed by atoms with Crippen LogP contribution < -0.4 is 15.5 Å². The van der Waals surface area contributed by atoms with Crippen LogP contribution in [0.1, 0.15) is 23.8 Å². The smallest absolute Gasteiger partial charge is 0.289 e. The van der Waals surface area contributed by atoms with E-state index in [1.807, 2.05) is 6.07 Å². The van der Waals surface area contributed by atoms with Gasteiger partial charge in [0.1, 0.15) is 11.4 Å². The molecule has 1 aromatic heterocycles. The third-order valence-corrected chi connectivity index (χ3v) is 3.04. The van der Waals surface area contributed by atoms with Crippen molar-refractivity contribution in [2.24, 2.45) is 5.10 Å². The van der Waals surface area contributed by atoms with Gasteiger partial charge in [-0.25, -0.2) is 5.43 Å². The van der Waals surface area contributed by atoms with Crippen molar-refractivity contribution in [1.82, 2.24) is 10.4 Å². The standard InChI is InChI=1S/C17H18N4O3/c1-12(20-21-17(23)14-8-5-6-10-18-14)11-16(22)19-13-7-3-4-9-15(13)24-2/h3-10H,11H2,1-2H3,(H,19,22)(H,21,23)/b20-12-. The van der Waals surface area contributed by atoms with E-state index in [-0.39, 0.29) is 18.0 Å². The summed E-state index contributed by atoms with van der Waals surface area (Å²) >= 11 is 0. The van der Waals surface area contributed by atoms with Crippen LogP contribution in [0.2, 0.25) is 0 Å². The third-order valence-electron chi connectivity index (χ3n) is 3.04. The van der Waals surface area contributed by atoms with Gasteiger partial charge in [0.2, 0.25) is 5.91 Å². The quantitative estimate of drug-likeness (QED) is 0.629. The summed E-state index contributed by atoms with van der Waals surface area (Å²) in [6.45, 7) is 1.65. The molecule has 0 aliphatic rings. The number of nitrogens with zero attached hydrogens (tertiary/aromatic N) is 2. The van der Waals surface area contributed by atoms with Crippen LogP contribution in [0.15, 0.2) is 53.8 Å². The highest BCUT2D eigenvalue weighted by molar-refractivity contribution is 6.06. The lowest BCUT2D eigenvalue weighted by molar-refractivity contribution is -0.115. The fraction of sp³-hybridized carbons (Fsp3) is 0.176. The van der Waals surface area contributed by atoms with Crippen molar-refractivity contribution in [2.75, 3.05) is 12.4 Å². The molecular weight excluding hydrogens is 308 g/mol. The molecule has 24 heavy (non-hydrogen) atoms. The average molecular weight is 326 g/mol. The molecule has 0 aliphatic heterocycles. The maximum atomic E-state index is 12.0. The van der Waals surface area contributed by atoms with E-state index in [9.17, 15) is 9.59 Å². The number of hydrogen-bond donors (Lipinski definition) is 2. The van der Waals surface area contributed by atoms with E-state index >= 15 is 0 Å². The Balaban J connectivity index is 1.90. The molecule has 0 saturated heterocycles. The summed E-state index contributed by atoms with van der Waals surface area (Å²) in [6.07, 6.45) is 1.56. The topological polar surface area (TPSA) is 92.7 Å². The van der Waals surface area contributed by atoms with Gasteiger partial charge in [-0.05, 0) is 31.2 Å². The van der Waals surface area contributed by atoms with Gasteiger partial charge in [0.15, 0.2) is 0 Å². The van der Waals surface area contributed by atoms with Crippen LogP contribution >= 0.6 is 0 Å². The zero-order chi connectivity index (χ0) is 17.4. The number of aromatic nitrogens is 1. The van der Waals surface area contributed by atoms with Crippen molar-refractivity contribution in [3.8, 4) is 5.75 Å². The molecular formula is C17H18N4O3. The molecule has 0 fully saturated rings. The minimum atomic E-state index is -0.430. The Morgan fingerprint density at radius 1 is 1.17 bits per heavy atom. The monoisotopic (exact) mass is 326 g/mol. The van der Waals surface area contributed by atoms with Crippen LogP contribution in [0, 0.1) is 0 Å². The number of hydrazone groups is 1. The number of hydrogen-bond acceptors (Lipinski definition) is 5. The number of nitrogens with one attached hydrogen (secondary N) is 2. The molecule has 0 unspecified atom stereocenters. The Bertz CT molecular complexity index is 745. The van der Waals surface area contributed by atoms with E-state index < -0.39 is 5.91 Å². The molecule has 7 heteroatoms. The first kappa shape index (κ1) is 17.1. The maximum Gasteiger partial charge on any atom is 0.289 e. The Morgan fingerprint density at radius 3 is 2.62 bits per heavy atom. The number of rotatable bonds is 6. The zero-order valence-electron chi connectivity index (χ0n) is 13.4. The van der Waals surface area contributed by atoms with Crippen molar-refractivity contribution in [3.63, 3.8) is 0 Å². The van der Waals surface area contributed by atoms with Crippen LogP contribution in [0.25, 0.3) is 0 Å². The second-order valence-corrected chi connectivity index (χ2v) is 4.93. The third kappa shape index (κ3) is 4.91. The number of para-hydroxylation sites is 2. The van der Waals surface area contributed by atoms with Crippen molar-refractivity contribution >= 4 is 23.2 Å². The number of benzene rings is 1. The van der Waals surface area contributed by atoms with Gasteiger partial charge < -0.3 is 10.1 Å². The molecule has 0 aliphatic carbocycles. The first-order valence-corrected chi connectivity index (χ1v) is 7.27. The maximum absolute atomic E-state index is 12.0. The molecule has 124 valence electrons. The molecule has 0 saturated carbocycles. The fourth-order valence-electron chi connectivity index (χ4n) is 1.91. The van der Waals surface area contributed by atoms with Gasteiger partial charge in [-0.15, -0.1) is 0 Å². The predicted molar refractivity (Wildman–Crippen MR) is 91.1 cm³/mol. The van der Waals surface area contributed by atoms with Crippen molar-refractivity contribution in [1.29, 1.82) is 0 Å². The summed E-state index contributed by atoms with van der Waals surface area (Å²) < 4.78 is 5.17. The number of methoxy groups -OCH3 is 1. The molecule has 2 aromatic rings. The molecule has 0 bridgehead atoms. The SMILES string of the molecule is COc1ccccc1NC(=O)C/C(C)=N\NC(=O)c1ccccn1. The number of carbonyl (C=O) groups is 2. The number of ether oxygens (including phenoxy) is 1. The minimum Gasteiger partial charge on any atom is -0.495 e. The van der Waals surface area contributed by atoms with Gasteiger partial charge in [0.25, 0.3) is 5.91 Å². The summed E-state index contributed by atoms with van der Waals surface area (Å²) in [7, 11) is 1.53. The van der Waals surface area contributed by atoms with Crippen molar-refractivity contribution in [2.45, 2.75) is 13.3 Å². The zero-order valence-corrected chi connectivity index (χ0v) is 13.4. The molecule has 7 nitrogen and oxygen atoms in total. The van der Waals surface area contributed by atoms with E-state index in [2.05, 4.69) is 20.8 Å². The summed E-state index contributed by atoms with van der Waals surface area (Å²) in [6, 6.07) is 12.1. The van der Waals surface area contributed by atoms with Crippen LogP contribution in [-0.4, -0.2) is 29.6 Å². The first-order chi connectivity index (χ1) is 11.6. The lowest BCUT2D eigenvalue weighted by atomic mass is 10.2. The van der Waals surface area contributed by atoms with Crippen LogP contribution in [-0.2, 0) is 4.79 Å². The van der Waals surface area contributed by atoms with Gasteiger partial charge in [-0.1, -0.05) is 18.2 Å². The highest BCUT2D eigenvalue weighted by Crippen LogP contribution is 2.22. The molecule has 2 amide bonds. The Hall–Kier alpha value is -3.22. The molecule has 1 heterocycles. The lowest BCUT2D eigenvalue weighted by Gasteiger charge is -2.09. The Kier molecular flexibility index (Phi) is 6.01. The Labute approximate surface area is 139 Å². The number of pyridine rings is 1. The summed E-state index contributed by atoms with van der Waals surface area (Å²) in [5.41, 5.74) is 3.67. The second kappa shape index (κ2) is 8.42.